The van der Waals surface area contributed by atoms with E-state index in [2.05, 4.69) is 14.7 Å². The number of hydrogen-bond acceptors (Lipinski definition) is 4. The average Bonchev–Trinajstić information content (AvgIpc) is 3.02. The molecule has 160 valence electrons. The maximum Gasteiger partial charge on any atom is 0.253 e. The number of benzene rings is 1. The smallest absolute Gasteiger partial charge is 0.253 e. The van der Waals surface area contributed by atoms with Crippen molar-refractivity contribution in [2.24, 2.45) is 7.05 Å². The molecule has 0 fully saturated rings. The van der Waals surface area contributed by atoms with Gasteiger partial charge < -0.3 is 9.13 Å². The summed E-state index contributed by atoms with van der Waals surface area (Å²) in [5.74, 6) is 0.866. The standard InChI is InChI=1S/C22H22FN5O2S/c1-13-9-16(12-27(3)22(13)29)18-10-19-20(21(25-18)26-31(4)30)24-14(2)28(19)11-15-5-7-17(23)8-6-15/h5-10,12H,11H2,1-4H3,(H,25,26). The maximum absolute atomic E-state index is 13.3. The van der Waals surface area contributed by atoms with Gasteiger partial charge in [0.15, 0.2) is 5.82 Å². The molecule has 31 heavy (non-hydrogen) atoms. The number of aromatic nitrogens is 4. The van der Waals surface area contributed by atoms with Crippen LogP contribution in [0, 0.1) is 19.7 Å². The van der Waals surface area contributed by atoms with Crippen LogP contribution in [0.1, 0.15) is 17.0 Å². The minimum Gasteiger partial charge on any atom is -0.324 e. The third-order valence-electron chi connectivity index (χ3n) is 5.08. The number of anilines is 1. The number of nitrogens with one attached hydrogen (secondary N) is 1. The highest BCUT2D eigenvalue weighted by Crippen LogP contribution is 2.29. The highest BCUT2D eigenvalue weighted by atomic mass is 32.2. The molecule has 4 aromatic rings. The zero-order valence-corrected chi connectivity index (χ0v) is 18.5. The van der Waals surface area contributed by atoms with Gasteiger partial charge in [-0.1, -0.05) is 12.1 Å². The normalized spacial score (nSPS) is 12.3. The van der Waals surface area contributed by atoms with Crippen molar-refractivity contribution >= 4 is 27.8 Å². The van der Waals surface area contributed by atoms with Crippen molar-refractivity contribution in [3.63, 3.8) is 0 Å². The Balaban J connectivity index is 1.93. The van der Waals surface area contributed by atoms with E-state index >= 15 is 0 Å². The lowest BCUT2D eigenvalue weighted by Crippen LogP contribution is -2.18. The highest BCUT2D eigenvalue weighted by Gasteiger charge is 2.17. The van der Waals surface area contributed by atoms with Crippen LogP contribution in [-0.4, -0.2) is 29.6 Å². The van der Waals surface area contributed by atoms with Gasteiger partial charge in [-0.2, -0.15) is 0 Å². The summed E-state index contributed by atoms with van der Waals surface area (Å²) in [7, 11) is 0.349. The molecule has 1 N–H and O–H groups in total. The van der Waals surface area contributed by atoms with Crippen molar-refractivity contribution in [3.05, 3.63) is 75.7 Å². The van der Waals surface area contributed by atoms with Gasteiger partial charge in [0.2, 0.25) is 0 Å². The van der Waals surface area contributed by atoms with Gasteiger partial charge in [-0.15, -0.1) is 0 Å². The predicted molar refractivity (Wildman–Crippen MR) is 121 cm³/mol. The minimum atomic E-state index is -1.35. The molecule has 0 saturated carbocycles. The molecule has 7 nitrogen and oxygen atoms in total. The van der Waals surface area contributed by atoms with Crippen LogP contribution in [0.25, 0.3) is 22.3 Å². The Kier molecular flexibility index (Phi) is 5.45. The molecule has 1 atom stereocenters. The van der Waals surface area contributed by atoms with Crippen LogP contribution in [0.3, 0.4) is 0 Å². The fraction of sp³-hybridized carbons (Fsp3) is 0.227. The zero-order valence-electron chi connectivity index (χ0n) is 17.6. The van der Waals surface area contributed by atoms with E-state index in [1.165, 1.54) is 23.0 Å². The Bertz CT molecular complexity index is 1350. The summed E-state index contributed by atoms with van der Waals surface area (Å²) in [6, 6.07) is 10.0. The van der Waals surface area contributed by atoms with Gasteiger partial charge in [0, 0.05) is 37.2 Å². The largest absolute Gasteiger partial charge is 0.324 e. The average molecular weight is 440 g/mol. The van der Waals surface area contributed by atoms with E-state index in [0.717, 1.165) is 22.5 Å². The summed E-state index contributed by atoms with van der Waals surface area (Å²) >= 11 is 0. The molecule has 0 saturated heterocycles. The van der Waals surface area contributed by atoms with Crippen molar-refractivity contribution in [1.82, 2.24) is 19.1 Å². The van der Waals surface area contributed by atoms with E-state index in [1.54, 1.807) is 38.4 Å². The summed E-state index contributed by atoms with van der Waals surface area (Å²) in [5.41, 5.74) is 4.24. The Hall–Kier alpha value is -3.33. The minimum absolute atomic E-state index is 0.0740. The molecular weight excluding hydrogens is 417 g/mol. The molecule has 4 rings (SSSR count). The zero-order chi connectivity index (χ0) is 22.3. The van der Waals surface area contributed by atoms with E-state index in [-0.39, 0.29) is 11.4 Å². The van der Waals surface area contributed by atoms with Crippen LogP contribution in [0.5, 0.6) is 0 Å². The molecule has 0 amide bonds. The third kappa shape index (κ3) is 4.13. The predicted octanol–water partition coefficient (Wildman–Crippen LogP) is 3.31. The lowest BCUT2D eigenvalue weighted by atomic mass is 10.1. The van der Waals surface area contributed by atoms with Crippen LogP contribution >= 0.6 is 0 Å². The number of rotatable bonds is 5. The number of halogens is 1. The van der Waals surface area contributed by atoms with Gasteiger partial charge in [0.1, 0.15) is 28.1 Å². The SMILES string of the molecule is Cc1cc(-c2cc3c(nc(C)n3Cc3ccc(F)cc3)c(NS(C)=O)n2)cn(C)c1=O. The van der Waals surface area contributed by atoms with Crippen molar-refractivity contribution < 1.29 is 8.60 Å². The highest BCUT2D eigenvalue weighted by molar-refractivity contribution is 7.85. The van der Waals surface area contributed by atoms with Gasteiger partial charge >= 0.3 is 0 Å². The van der Waals surface area contributed by atoms with Gasteiger partial charge in [0.05, 0.1) is 11.2 Å². The lowest BCUT2D eigenvalue weighted by molar-refractivity contribution is 0.626. The van der Waals surface area contributed by atoms with Crippen LogP contribution in [-0.2, 0) is 24.6 Å². The number of imidazole rings is 1. The van der Waals surface area contributed by atoms with Crippen molar-refractivity contribution in [3.8, 4) is 11.3 Å². The van der Waals surface area contributed by atoms with E-state index in [0.29, 0.717) is 29.1 Å². The van der Waals surface area contributed by atoms with E-state index in [9.17, 15) is 13.4 Å². The molecule has 0 aliphatic carbocycles. The van der Waals surface area contributed by atoms with Gasteiger partial charge in [-0.3, -0.25) is 9.52 Å². The summed E-state index contributed by atoms with van der Waals surface area (Å²) in [5, 5.41) is 0. The molecule has 1 unspecified atom stereocenters. The summed E-state index contributed by atoms with van der Waals surface area (Å²) < 4.78 is 31.6. The maximum atomic E-state index is 13.3. The molecule has 0 spiro atoms. The second-order valence-corrected chi connectivity index (χ2v) is 8.59. The first kappa shape index (κ1) is 20.9. The van der Waals surface area contributed by atoms with Gasteiger partial charge in [-0.25, -0.2) is 18.6 Å². The van der Waals surface area contributed by atoms with Crippen LogP contribution in [0.2, 0.25) is 0 Å². The molecule has 1 aromatic carbocycles. The summed E-state index contributed by atoms with van der Waals surface area (Å²) in [4.78, 5) is 21.4. The third-order valence-corrected chi connectivity index (χ3v) is 5.56. The summed E-state index contributed by atoms with van der Waals surface area (Å²) in [6.07, 6.45) is 3.25. The fourth-order valence-corrected chi connectivity index (χ4v) is 4.00. The fourth-order valence-electron chi connectivity index (χ4n) is 3.58. The Morgan fingerprint density at radius 2 is 1.84 bits per heavy atom. The molecule has 3 aromatic heterocycles. The van der Waals surface area contributed by atoms with E-state index in [1.807, 2.05) is 17.6 Å². The number of aryl methyl sites for hydroxylation is 3. The first-order chi connectivity index (χ1) is 14.7. The van der Waals surface area contributed by atoms with Crippen LogP contribution in [0.15, 0.2) is 47.4 Å². The Labute approximate surface area is 181 Å². The second kappa shape index (κ2) is 8.07. The van der Waals surface area contributed by atoms with Crippen LogP contribution in [0.4, 0.5) is 10.2 Å². The number of pyridine rings is 2. The number of nitrogens with zero attached hydrogens (tertiary/aromatic N) is 4. The van der Waals surface area contributed by atoms with E-state index < -0.39 is 11.0 Å². The quantitative estimate of drug-likeness (QED) is 0.517. The lowest BCUT2D eigenvalue weighted by Gasteiger charge is -2.11. The monoisotopic (exact) mass is 439 g/mol. The molecular formula is C22H22FN5O2S. The molecule has 0 bridgehead atoms. The number of hydrogen-bond donors (Lipinski definition) is 1. The van der Waals surface area contributed by atoms with Crippen molar-refractivity contribution in [2.75, 3.05) is 11.0 Å². The Morgan fingerprint density at radius 1 is 1.13 bits per heavy atom. The first-order valence-corrected chi connectivity index (χ1v) is 11.2. The van der Waals surface area contributed by atoms with Crippen molar-refractivity contribution in [1.29, 1.82) is 0 Å². The Morgan fingerprint density at radius 3 is 2.48 bits per heavy atom. The van der Waals surface area contributed by atoms with Crippen molar-refractivity contribution in [2.45, 2.75) is 20.4 Å². The first-order valence-electron chi connectivity index (χ1n) is 9.63. The second-order valence-electron chi connectivity index (χ2n) is 7.48. The molecule has 3 heterocycles. The van der Waals surface area contributed by atoms with Gasteiger partial charge in [-0.05, 0) is 43.7 Å². The van der Waals surface area contributed by atoms with Crippen LogP contribution < -0.4 is 10.3 Å². The topological polar surface area (TPSA) is 81.8 Å². The molecule has 0 aliphatic heterocycles. The molecule has 0 radical (unpaired) electrons. The summed E-state index contributed by atoms with van der Waals surface area (Å²) in [6.45, 7) is 4.13. The molecule has 9 heteroatoms. The number of fused-ring (bicyclic) bond motifs is 1. The van der Waals surface area contributed by atoms with Gasteiger partial charge in [0.25, 0.3) is 5.56 Å². The molecule has 0 aliphatic rings. The van der Waals surface area contributed by atoms with E-state index in [4.69, 9.17) is 0 Å².